The van der Waals surface area contributed by atoms with Crippen LogP contribution in [0.25, 0.3) is 0 Å². The van der Waals surface area contributed by atoms with Crippen molar-refractivity contribution in [3.63, 3.8) is 0 Å². The summed E-state index contributed by atoms with van der Waals surface area (Å²) in [6.45, 7) is 1.56. The molecular weight excluding hydrogens is 418 g/mol. The Morgan fingerprint density at radius 1 is 1.03 bits per heavy atom. The minimum atomic E-state index is -0.251. The van der Waals surface area contributed by atoms with Gasteiger partial charge in [0.25, 0.3) is 11.5 Å². The van der Waals surface area contributed by atoms with Crippen LogP contribution in [0.2, 0.25) is 0 Å². The molecule has 0 bridgehead atoms. The SMILES string of the molecule is O=C(CC1CCCC1)N1CCc2nc(C3CCCCN3C(=O)c3ccncc3)[nH]c(=O)c2C1. The van der Waals surface area contributed by atoms with Crippen molar-refractivity contribution in [3.8, 4) is 0 Å². The number of carbonyl (C=O) groups is 2. The highest BCUT2D eigenvalue weighted by molar-refractivity contribution is 5.94. The van der Waals surface area contributed by atoms with Crippen molar-refractivity contribution in [2.24, 2.45) is 5.92 Å². The van der Waals surface area contributed by atoms with Gasteiger partial charge in [0.15, 0.2) is 0 Å². The first kappa shape index (κ1) is 21.8. The second-order valence-electron chi connectivity index (χ2n) is 9.54. The van der Waals surface area contributed by atoms with Gasteiger partial charge >= 0.3 is 0 Å². The van der Waals surface area contributed by atoms with E-state index in [9.17, 15) is 14.4 Å². The summed E-state index contributed by atoms with van der Waals surface area (Å²) in [7, 11) is 0. The summed E-state index contributed by atoms with van der Waals surface area (Å²) < 4.78 is 0. The average molecular weight is 450 g/mol. The number of carbonyl (C=O) groups excluding carboxylic acids is 2. The number of hydrogen-bond donors (Lipinski definition) is 1. The van der Waals surface area contributed by atoms with Gasteiger partial charge in [-0.25, -0.2) is 4.98 Å². The van der Waals surface area contributed by atoms with Crippen LogP contribution in [0.15, 0.2) is 29.3 Å². The summed E-state index contributed by atoms with van der Waals surface area (Å²) >= 11 is 0. The summed E-state index contributed by atoms with van der Waals surface area (Å²) in [4.78, 5) is 54.4. The first-order valence-electron chi connectivity index (χ1n) is 12.2. The van der Waals surface area contributed by atoms with E-state index in [-0.39, 0.29) is 23.4 Å². The molecule has 0 aromatic carbocycles. The van der Waals surface area contributed by atoms with Gasteiger partial charge < -0.3 is 14.8 Å². The Bertz CT molecular complexity index is 1080. The van der Waals surface area contributed by atoms with E-state index in [4.69, 9.17) is 4.98 Å². The monoisotopic (exact) mass is 449 g/mol. The molecule has 0 radical (unpaired) electrons. The van der Waals surface area contributed by atoms with Crippen LogP contribution in [0.4, 0.5) is 0 Å². The number of aromatic amines is 1. The second kappa shape index (κ2) is 9.45. The highest BCUT2D eigenvalue weighted by Crippen LogP contribution is 2.31. The first-order chi connectivity index (χ1) is 16.1. The van der Waals surface area contributed by atoms with Crippen LogP contribution in [0, 0.1) is 5.92 Å². The summed E-state index contributed by atoms with van der Waals surface area (Å²) in [6, 6.07) is 3.18. The molecule has 33 heavy (non-hydrogen) atoms. The molecule has 2 fully saturated rings. The molecule has 3 aliphatic rings. The van der Waals surface area contributed by atoms with Crippen molar-refractivity contribution in [2.75, 3.05) is 13.1 Å². The van der Waals surface area contributed by atoms with Crippen molar-refractivity contribution in [2.45, 2.75) is 70.4 Å². The Morgan fingerprint density at radius 3 is 2.58 bits per heavy atom. The van der Waals surface area contributed by atoms with Gasteiger partial charge in [0, 0.05) is 43.9 Å². The fourth-order valence-electron chi connectivity index (χ4n) is 5.52. The molecule has 2 aromatic heterocycles. The van der Waals surface area contributed by atoms with Gasteiger partial charge in [-0.1, -0.05) is 12.8 Å². The van der Waals surface area contributed by atoms with Gasteiger partial charge in [-0.2, -0.15) is 0 Å². The number of fused-ring (bicyclic) bond motifs is 1. The molecule has 1 saturated carbocycles. The molecular formula is C25H31N5O3. The van der Waals surface area contributed by atoms with E-state index in [2.05, 4.69) is 9.97 Å². The summed E-state index contributed by atoms with van der Waals surface area (Å²) in [5, 5.41) is 0. The Hall–Kier alpha value is -3.03. The van der Waals surface area contributed by atoms with Crippen LogP contribution in [0.3, 0.4) is 0 Å². The van der Waals surface area contributed by atoms with Crippen LogP contribution in [-0.4, -0.2) is 49.7 Å². The van der Waals surface area contributed by atoms with Crippen molar-refractivity contribution < 1.29 is 9.59 Å². The quantitative estimate of drug-likeness (QED) is 0.774. The molecule has 174 valence electrons. The Balaban J connectivity index is 1.35. The topological polar surface area (TPSA) is 99.3 Å². The molecule has 5 rings (SSSR count). The van der Waals surface area contributed by atoms with Gasteiger partial charge in [0.05, 0.1) is 23.8 Å². The lowest BCUT2D eigenvalue weighted by Gasteiger charge is -2.36. The third-order valence-electron chi connectivity index (χ3n) is 7.38. The molecule has 0 spiro atoms. The molecule has 2 aromatic rings. The minimum absolute atomic E-state index is 0.0637. The van der Waals surface area contributed by atoms with Gasteiger partial charge in [-0.15, -0.1) is 0 Å². The number of H-pyrrole nitrogens is 1. The maximum atomic E-state index is 13.2. The Kier molecular flexibility index (Phi) is 6.24. The lowest BCUT2D eigenvalue weighted by Crippen LogP contribution is -2.42. The van der Waals surface area contributed by atoms with Crippen molar-refractivity contribution in [1.82, 2.24) is 24.8 Å². The van der Waals surface area contributed by atoms with E-state index in [0.29, 0.717) is 55.3 Å². The number of rotatable bonds is 4. The summed E-state index contributed by atoms with van der Waals surface area (Å²) in [6.07, 6.45) is 11.8. The third kappa shape index (κ3) is 4.56. The minimum Gasteiger partial charge on any atom is -0.338 e. The molecule has 8 heteroatoms. The summed E-state index contributed by atoms with van der Waals surface area (Å²) in [5.74, 6) is 1.14. The van der Waals surface area contributed by atoms with Crippen LogP contribution in [0.5, 0.6) is 0 Å². The van der Waals surface area contributed by atoms with Gasteiger partial charge in [0.2, 0.25) is 5.91 Å². The molecule has 1 aliphatic carbocycles. The maximum Gasteiger partial charge on any atom is 0.256 e. The summed E-state index contributed by atoms with van der Waals surface area (Å²) in [5.41, 5.74) is 1.76. The Morgan fingerprint density at radius 2 is 1.79 bits per heavy atom. The van der Waals surface area contributed by atoms with E-state index in [0.717, 1.165) is 37.8 Å². The molecule has 1 saturated heterocycles. The van der Waals surface area contributed by atoms with Crippen LogP contribution in [0.1, 0.15) is 84.8 Å². The lowest BCUT2D eigenvalue weighted by molar-refractivity contribution is -0.133. The van der Waals surface area contributed by atoms with E-state index < -0.39 is 0 Å². The third-order valence-corrected chi connectivity index (χ3v) is 7.38. The number of piperidine rings is 1. The van der Waals surface area contributed by atoms with E-state index >= 15 is 0 Å². The van der Waals surface area contributed by atoms with Crippen LogP contribution >= 0.6 is 0 Å². The van der Waals surface area contributed by atoms with Crippen molar-refractivity contribution in [1.29, 1.82) is 0 Å². The predicted octanol–water partition coefficient (Wildman–Crippen LogP) is 3.00. The zero-order valence-corrected chi connectivity index (χ0v) is 19.0. The maximum absolute atomic E-state index is 13.2. The number of likely N-dealkylation sites (tertiary alicyclic amines) is 1. The van der Waals surface area contributed by atoms with Crippen molar-refractivity contribution >= 4 is 11.8 Å². The van der Waals surface area contributed by atoms with Gasteiger partial charge in [-0.05, 0) is 50.2 Å². The Labute approximate surface area is 193 Å². The zero-order valence-electron chi connectivity index (χ0n) is 19.0. The van der Waals surface area contributed by atoms with Crippen LogP contribution in [-0.2, 0) is 17.8 Å². The molecule has 1 N–H and O–H groups in total. The van der Waals surface area contributed by atoms with Crippen LogP contribution < -0.4 is 5.56 Å². The number of hydrogen-bond acceptors (Lipinski definition) is 5. The highest BCUT2D eigenvalue weighted by atomic mass is 16.2. The van der Waals surface area contributed by atoms with Crippen molar-refractivity contribution in [3.05, 3.63) is 57.5 Å². The normalized spacial score (nSPS) is 21.2. The number of nitrogens with zero attached hydrogens (tertiary/aromatic N) is 4. The first-order valence-corrected chi connectivity index (χ1v) is 12.2. The predicted molar refractivity (Wildman–Crippen MR) is 122 cm³/mol. The average Bonchev–Trinajstić information content (AvgIpc) is 3.37. The lowest BCUT2D eigenvalue weighted by atomic mass is 9.98. The molecule has 4 heterocycles. The number of aromatic nitrogens is 3. The molecule has 1 unspecified atom stereocenters. The largest absolute Gasteiger partial charge is 0.338 e. The molecule has 2 amide bonds. The highest BCUT2D eigenvalue weighted by Gasteiger charge is 2.33. The van der Waals surface area contributed by atoms with Gasteiger partial charge in [0.1, 0.15) is 5.82 Å². The van der Waals surface area contributed by atoms with E-state index in [1.54, 1.807) is 24.5 Å². The zero-order chi connectivity index (χ0) is 22.8. The number of amides is 2. The fourth-order valence-corrected chi connectivity index (χ4v) is 5.52. The number of pyridine rings is 1. The fraction of sp³-hybridized carbons (Fsp3) is 0.560. The second-order valence-corrected chi connectivity index (χ2v) is 9.54. The smallest absolute Gasteiger partial charge is 0.256 e. The molecule has 1 atom stereocenters. The van der Waals surface area contributed by atoms with E-state index in [1.807, 2.05) is 9.80 Å². The van der Waals surface area contributed by atoms with Gasteiger partial charge in [-0.3, -0.25) is 19.4 Å². The number of nitrogens with one attached hydrogen (secondary N) is 1. The van der Waals surface area contributed by atoms with E-state index in [1.165, 1.54) is 12.8 Å². The molecule has 2 aliphatic heterocycles. The molecule has 8 nitrogen and oxygen atoms in total. The standard InChI is InChI=1S/C25H31N5O3/c31-22(15-17-5-1-2-6-17)29-14-10-20-19(16-29)24(32)28-23(27-20)21-7-3-4-13-30(21)25(33)18-8-11-26-12-9-18/h8-9,11-12,17,21H,1-7,10,13-16H2,(H,27,28,32).